The molecular weight excluding hydrogens is 173 g/mol. The first-order valence-corrected chi connectivity index (χ1v) is 6.24. The quantitative estimate of drug-likeness (QED) is 0.335. The fraction of sp³-hybridized carbons (Fsp3) is 0. The third-order valence-corrected chi connectivity index (χ3v) is 0. The monoisotopic (exact) mass is 179 g/mol. The van der Waals surface area contributed by atoms with Crippen LogP contribution in [-0.2, 0) is 24.5 Å². The van der Waals surface area contributed by atoms with E-state index in [4.69, 9.17) is 4.89 Å². The Bertz CT molecular complexity index is 63.8. The first-order valence-electron chi connectivity index (χ1n) is 0.864. The zero-order valence-electron chi connectivity index (χ0n) is 2.38. The Morgan fingerprint density at radius 2 is 1.71 bits per heavy atom. The Labute approximate surface area is 79.7 Å². The van der Waals surface area contributed by atoms with Crippen LogP contribution < -0.4 is 0 Å². The average molecular weight is 179 g/mol. The van der Waals surface area contributed by atoms with Crippen molar-refractivity contribution in [1.82, 2.24) is 0 Å². The number of hydrogen-bond donors (Lipinski definition) is 1. The summed E-state index contributed by atoms with van der Waals surface area (Å²) in [5.74, 6) is 0. The summed E-state index contributed by atoms with van der Waals surface area (Å²) in [5.41, 5.74) is 0. The van der Waals surface area contributed by atoms with Crippen molar-refractivity contribution in [3.63, 3.8) is 0 Å². The third-order valence-electron chi connectivity index (χ3n) is 0. The van der Waals surface area contributed by atoms with Crippen LogP contribution in [0.5, 0.6) is 0 Å². The molecule has 0 aliphatic heterocycles. The second-order valence-electron chi connectivity index (χ2n) is 0.623. The standard InChI is InChI=1S/Al.Li.H2O2PSi.Ti.4H/c;;1-3(2)4;;;;;/h;;4H,(H,1,2);;;;;/q;;+1;-1;;;;. The molecule has 0 aliphatic rings. The summed E-state index contributed by atoms with van der Waals surface area (Å²) >= 11 is 1.26. The van der Waals surface area contributed by atoms with Crippen molar-refractivity contribution < 1.29 is 29.4 Å². The fourth-order valence-electron chi connectivity index (χ4n) is 0. The van der Waals surface area contributed by atoms with E-state index in [1.54, 1.807) is 0 Å². The maximum atomic E-state index is 9.73. The molecule has 7 heteroatoms. The van der Waals surface area contributed by atoms with Crippen molar-refractivity contribution >= 4 is 51.0 Å². The summed E-state index contributed by atoms with van der Waals surface area (Å²) < 4.78 is 9.73. The molecule has 0 aromatic heterocycles. The predicted octanol–water partition coefficient (Wildman–Crippen LogP) is -2.30. The van der Waals surface area contributed by atoms with Crippen LogP contribution in [-0.4, -0.2) is 51.0 Å². The molecule has 35 valence electrons. The van der Waals surface area contributed by atoms with Gasteiger partial charge in [0.25, 0.3) is 0 Å². The Kier molecular flexibility index (Phi) is 14.7. The van der Waals surface area contributed by atoms with Crippen molar-refractivity contribution in [3.8, 4) is 0 Å². The van der Waals surface area contributed by atoms with Gasteiger partial charge < -0.3 is 0 Å². The normalized spacial score (nSPS) is 15.0. The molecule has 0 spiro atoms. The molecule has 0 aromatic carbocycles. The van der Waals surface area contributed by atoms with Crippen molar-refractivity contribution in [2.24, 2.45) is 0 Å². The molecule has 0 rings (SSSR count). The van der Waals surface area contributed by atoms with Crippen LogP contribution in [0.1, 0.15) is 0 Å². The van der Waals surface area contributed by atoms with Crippen LogP contribution >= 0.6 is 4.91 Å². The van der Waals surface area contributed by atoms with Crippen molar-refractivity contribution in [1.29, 1.82) is 0 Å². The number of rotatable bonds is 0. The second-order valence-corrected chi connectivity index (χ2v) is 9.39. The van der Waals surface area contributed by atoms with Gasteiger partial charge in [0.1, 0.15) is 0 Å². The Hall–Kier alpha value is 2.25. The molecule has 1 atom stereocenters. The van der Waals surface area contributed by atoms with Crippen LogP contribution in [0.25, 0.3) is 0 Å². The molecule has 0 saturated carbocycles. The molecule has 0 amide bonds. The van der Waals surface area contributed by atoms with Gasteiger partial charge in [-0.1, -0.05) is 0 Å². The SMILES string of the molecule is O=[P](O)([SiH])[Ti].[AlH3].[LiH]. The van der Waals surface area contributed by atoms with Gasteiger partial charge in [-0.05, 0) is 0 Å². The molecule has 0 fully saturated rings. The summed E-state index contributed by atoms with van der Waals surface area (Å²) in [6.45, 7) is 0. The Morgan fingerprint density at radius 1 is 1.71 bits per heavy atom. The number of hydrogen-bond acceptors (Lipinski definition) is 1. The van der Waals surface area contributed by atoms with Gasteiger partial charge in [-0.25, -0.2) is 0 Å². The van der Waals surface area contributed by atoms with E-state index < -0.39 is 4.91 Å². The van der Waals surface area contributed by atoms with Crippen molar-refractivity contribution in [2.45, 2.75) is 0 Å². The minimum absolute atomic E-state index is 0. The summed E-state index contributed by atoms with van der Waals surface area (Å²) in [5, 5.41) is 0. The van der Waals surface area contributed by atoms with E-state index in [0.29, 0.717) is 0 Å². The molecule has 0 aliphatic carbocycles. The third kappa shape index (κ3) is 63.6. The molecule has 2 radical (unpaired) electrons. The van der Waals surface area contributed by atoms with Crippen LogP contribution in [0.15, 0.2) is 0 Å². The van der Waals surface area contributed by atoms with Crippen molar-refractivity contribution in [2.75, 3.05) is 0 Å². The van der Waals surface area contributed by atoms with Crippen LogP contribution in [0.2, 0.25) is 0 Å². The van der Waals surface area contributed by atoms with Gasteiger partial charge in [0.05, 0.1) is 0 Å². The molecule has 2 nitrogen and oxygen atoms in total. The van der Waals surface area contributed by atoms with E-state index >= 15 is 0 Å². The fourth-order valence-corrected chi connectivity index (χ4v) is 0. The average Bonchev–Trinajstić information content (AvgIpc) is 0.722. The molecule has 0 bridgehead atoms. The zero-order chi connectivity index (χ0) is 4.50. The van der Waals surface area contributed by atoms with Crippen LogP contribution in [0.4, 0.5) is 0 Å². The summed E-state index contributed by atoms with van der Waals surface area (Å²) in [7, 11) is 1.83. The van der Waals surface area contributed by atoms with E-state index in [0.717, 1.165) is 0 Å². The van der Waals surface area contributed by atoms with Crippen LogP contribution in [0.3, 0.4) is 0 Å². The molecule has 1 N–H and O–H groups in total. The topological polar surface area (TPSA) is 37.3 Å². The molecular formula is H6AlLiO2PSiTi. The first kappa shape index (κ1) is 16.1. The van der Waals surface area contributed by atoms with Crippen LogP contribution in [0, 0.1) is 0 Å². The van der Waals surface area contributed by atoms with Gasteiger partial charge in [0.15, 0.2) is 17.4 Å². The summed E-state index contributed by atoms with van der Waals surface area (Å²) in [6.07, 6.45) is 0. The zero-order valence-corrected chi connectivity index (χ0v) is 5.99. The van der Waals surface area contributed by atoms with E-state index in [1.165, 1.54) is 19.9 Å². The molecule has 0 heterocycles. The van der Waals surface area contributed by atoms with E-state index in [-0.39, 0.29) is 36.2 Å². The second kappa shape index (κ2) is 6.37. The van der Waals surface area contributed by atoms with Gasteiger partial charge in [0.2, 0.25) is 0 Å². The molecule has 1 unspecified atom stereocenters. The van der Waals surface area contributed by atoms with Gasteiger partial charge in [-0.2, -0.15) is 0 Å². The van der Waals surface area contributed by atoms with Crippen molar-refractivity contribution in [3.05, 3.63) is 0 Å². The summed E-state index contributed by atoms with van der Waals surface area (Å²) in [6, 6.07) is 0. The molecule has 0 saturated heterocycles. The molecule has 7 heavy (non-hydrogen) atoms. The van der Waals surface area contributed by atoms with Gasteiger partial charge in [-0.15, -0.1) is 0 Å². The predicted molar refractivity (Wildman–Crippen MR) is 34.1 cm³/mol. The van der Waals surface area contributed by atoms with Gasteiger partial charge in [0, 0.05) is 0 Å². The molecule has 0 aromatic rings. The van der Waals surface area contributed by atoms with Gasteiger partial charge >= 0.3 is 63.1 Å². The van der Waals surface area contributed by atoms with Gasteiger partial charge in [-0.3, -0.25) is 0 Å². The summed E-state index contributed by atoms with van der Waals surface area (Å²) in [4.78, 5) is 5.32. The first-order chi connectivity index (χ1) is 2.00. The Balaban J connectivity index is -0.0000000800. The van der Waals surface area contributed by atoms with E-state index in [9.17, 15) is 4.57 Å². The maximum absolute atomic E-state index is 9.73. The van der Waals surface area contributed by atoms with E-state index in [1.807, 2.05) is 9.91 Å². The Morgan fingerprint density at radius 3 is 1.71 bits per heavy atom. The van der Waals surface area contributed by atoms with E-state index in [2.05, 4.69) is 0 Å². The minimum atomic E-state index is -2.72.